The lowest BCUT2D eigenvalue weighted by molar-refractivity contribution is -0.137. The molecule has 9 heteroatoms. The molecule has 1 aromatic carbocycles. The maximum absolute atomic E-state index is 12.8. The second-order valence-corrected chi connectivity index (χ2v) is 6.48. The molecule has 6 nitrogen and oxygen atoms in total. The number of nitrogens with one attached hydrogen (secondary N) is 1. The Bertz CT molecular complexity index is 1200. The van der Waals surface area contributed by atoms with Gasteiger partial charge in [0.1, 0.15) is 5.76 Å². The molecule has 0 unspecified atom stereocenters. The SMILES string of the molecule is Cc1nc(Cc2cc(-c3ccc(C(F)(F)F)cc3)cn3c(=O)[nH]nc23)oc1C. The lowest BCUT2D eigenvalue weighted by Crippen LogP contribution is -2.10. The van der Waals surface area contributed by atoms with Gasteiger partial charge in [-0.1, -0.05) is 12.1 Å². The third kappa shape index (κ3) is 3.19. The van der Waals surface area contributed by atoms with E-state index < -0.39 is 17.4 Å². The van der Waals surface area contributed by atoms with E-state index in [-0.39, 0.29) is 6.42 Å². The van der Waals surface area contributed by atoms with Crippen molar-refractivity contribution in [2.75, 3.05) is 0 Å². The molecular weight excluding hydrogens is 373 g/mol. The van der Waals surface area contributed by atoms with Crippen LogP contribution in [-0.4, -0.2) is 19.6 Å². The summed E-state index contributed by atoms with van der Waals surface area (Å²) in [7, 11) is 0. The summed E-state index contributed by atoms with van der Waals surface area (Å²) in [6.07, 6.45) is -2.58. The number of nitrogens with zero attached hydrogens (tertiary/aromatic N) is 3. The number of hydrogen-bond acceptors (Lipinski definition) is 4. The van der Waals surface area contributed by atoms with E-state index in [0.717, 1.165) is 17.8 Å². The third-order valence-corrected chi connectivity index (χ3v) is 4.55. The van der Waals surface area contributed by atoms with Gasteiger partial charge in [-0.2, -0.15) is 18.3 Å². The van der Waals surface area contributed by atoms with Crippen LogP contribution < -0.4 is 5.69 Å². The molecule has 4 rings (SSSR count). The van der Waals surface area contributed by atoms with Crippen LogP contribution in [0.1, 0.15) is 28.5 Å². The zero-order valence-corrected chi connectivity index (χ0v) is 15.0. The molecule has 28 heavy (non-hydrogen) atoms. The number of oxazole rings is 1. The number of aryl methyl sites for hydroxylation is 2. The topological polar surface area (TPSA) is 76.2 Å². The van der Waals surface area contributed by atoms with E-state index >= 15 is 0 Å². The molecule has 4 aromatic rings. The predicted molar refractivity (Wildman–Crippen MR) is 95.0 cm³/mol. The Morgan fingerprint density at radius 2 is 1.86 bits per heavy atom. The number of alkyl halides is 3. The first kappa shape index (κ1) is 18.0. The number of aromatic amines is 1. The fraction of sp³-hybridized carbons (Fsp3) is 0.211. The second-order valence-electron chi connectivity index (χ2n) is 6.48. The van der Waals surface area contributed by atoms with Gasteiger partial charge in [0.2, 0.25) is 0 Å². The first-order chi connectivity index (χ1) is 13.2. The number of hydrogen-bond donors (Lipinski definition) is 1. The summed E-state index contributed by atoms with van der Waals surface area (Å²) in [6, 6.07) is 6.54. The van der Waals surface area contributed by atoms with Crippen LogP contribution in [0.5, 0.6) is 0 Å². The van der Waals surface area contributed by atoms with Crippen molar-refractivity contribution >= 4 is 5.65 Å². The summed E-state index contributed by atoms with van der Waals surface area (Å²) in [5.74, 6) is 1.17. The van der Waals surface area contributed by atoms with Gasteiger partial charge in [-0.25, -0.2) is 19.3 Å². The summed E-state index contributed by atoms with van der Waals surface area (Å²) >= 11 is 0. The van der Waals surface area contributed by atoms with E-state index in [0.29, 0.717) is 34.0 Å². The highest BCUT2D eigenvalue weighted by atomic mass is 19.4. The molecule has 0 spiro atoms. The second kappa shape index (κ2) is 6.36. The van der Waals surface area contributed by atoms with Gasteiger partial charge in [0, 0.05) is 11.8 Å². The van der Waals surface area contributed by atoms with Gasteiger partial charge in [0.15, 0.2) is 11.5 Å². The van der Waals surface area contributed by atoms with Crippen molar-refractivity contribution in [1.29, 1.82) is 0 Å². The molecule has 0 saturated heterocycles. The number of rotatable bonds is 3. The van der Waals surface area contributed by atoms with Crippen LogP contribution in [0.4, 0.5) is 13.2 Å². The van der Waals surface area contributed by atoms with E-state index in [2.05, 4.69) is 15.2 Å². The first-order valence-electron chi connectivity index (χ1n) is 8.42. The predicted octanol–water partition coefficient (Wildman–Crippen LogP) is 3.90. The van der Waals surface area contributed by atoms with Gasteiger partial charge in [-0.05, 0) is 43.2 Å². The normalized spacial score (nSPS) is 12.0. The van der Waals surface area contributed by atoms with Gasteiger partial charge >= 0.3 is 11.9 Å². The molecule has 0 aliphatic heterocycles. The van der Waals surface area contributed by atoms with Crippen molar-refractivity contribution in [1.82, 2.24) is 19.6 Å². The van der Waals surface area contributed by atoms with E-state index in [9.17, 15) is 18.0 Å². The number of H-pyrrole nitrogens is 1. The van der Waals surface area contributed by atoms with Crippen molar-refractivity contribution < 1.29 is 17.6 Å². The largest absolute Gasteiger partial charge is 0.445 e. The molecule has 0 bridgehead atoms. The zero-order valence-electron chi connectivity index (χ0n) is 15.0. The lowest BCUT2D eigenvalue weighted by Gasteiger charge is -2.09. The number of halogens is 3. The highest BCUT2D eigenvalue weighted by Gasteiger charge is 2.30. The Balaban J connectivity index is 1.81. The highest BCUT2D eigenvalue weighted by molar-refractivity contribution is 5.67. The number of fused-ring (bicyclic) bond motifs is 1. The molecule has 0 atom stereocenters. The Morgan fingerprint density at radius 3 is 2.46 bits per heavy atom. The average Bonchev–Trinajstić information content (AvgIpc) is 3.17. The van der Waals surface area contributed by atoms with Crippen LogP contribution in [0.25, 0.3) is 16.8 Å². The molecule has 3 aromatic heterocycles. The van der Waals surface area contributed by atoms with E-state index in [4.69, 9.17) is 4.42 Å². The molecule has 0 saturated carbocycles. The van der Waals surface area contributed by atoms with Crippen LogP contribution in [-0.2, 0) is 12.6 Å². The summed E-state index contributed by atoms with van der Waals surface area (Å²) in [4.78, 5) is 16.4. The Kier molecular flexibility index (Phi) is 4.10. The van der Waals surface area contributed by atoms with Crippen molar-refractivity contribution in [3.8, 4) is 11.1 Å². The Hall–Kier alpha value is -3.36. The third-order valence-electron chi connectivity index (χ3n) is 4.55. The highest BCUT2D eigenvalue weighted by Crippen LogP contribution is 2.31. The van der Waals surface area contributed by atoms with Gasteiger partial charge in [0.05, 0.1) is 17.7 Å². The molecular formula is C19H15F3N4O2. The average molecular weight is 388 g/mol. The maximum Gasteiger partial charge on any atom is 0.416 e. The fourth-order valence-electron chi connectivity index (χ4n) is 3.00. The quantitative estimate of drug-likeness (QED) is 0.578. The van der Waals surface area contributed by atoms with Gasteiger partial charge in [-0.15, -0.1) is 0 Å². The smallest absolute Gasteiger partial charge is 0.416 e. The van der Waals surface area contributed by atoms with Gasteiger partial charge < -0.3 is 4.42 Å². The van der Waals surface area contributed by atoms with Crippen molar-refractivity contribution in [2.24, 2.45) is 0 Å². The van der Waals surface area contributed by atoms with Crippen molar-refractivity contribution in [3.63, 3.8) is 0 Å². The van der Waals surface area contributed by atoms with E-state index in [1.165, 1.54) is 16.5 Å². The summed E-state index contributed by atoms with van der Waals surface area (Å²) in [5.41, 5.74) is 1.80. The minimum absolute atomic E-state index is 0.289. The van der Waals surface area contributed by atoms with Crippen molar-refractivity contribution in [3.05, 3.63) is 75.5 Å². The van der Waals surface area contributed by atoms with Crippen LogP contribution >= 0.6 is 0 Å². The first-order valence-corrected chi connectivity index (χ1v) is 8.42. The number of aromatic nitrogens is 4. The molecule has 3 heterocycles. The lowest BCUT2D eigenvalue weighted by atomic mass is 10.0. The van der Waals surface area contributed by atoms with E-state index in [1.807, 2.05) is 6.92 Å². The minimum Gasteiger partial charge on any atom is -0.445 e. The molecule has 0 aliphatic carbocycles. The van der Waals surface area contributed by atoms with Gasteiger partial charge in [-0.3, -0.25) is 0 Å². The van der Waals surface area contributed by atoms with E-state index in [1.54, 1.807) is 19.2 Å². The Labute approximate surface area is 156 Å². The molecule has 0 amide bonds. The minimum atomic E-state index is -4.41. The molecule has 144 valence electrons. The Morgan fingerprint density at radius 1 is 1.14 bits per heavy atom. The van der Waals surface area contributed by atoms with Crippen LogP contribution in [0.2, 0.25) is 0 Å². The van der Waals surface area contributed by atoms with Crippen LogP contribution in [0, 0.1) is 13.8 Å². The van der Waals surface area contributed by atoms with Crippen molar-refractivity contribution in [2.45, 2.75) is 26.4 Å². The number of pyridine rings is 1. The fourth-order valence-corrected chi connectivity index (χ4v) is 3.00. The molecule has 0 fully saturated rings. The van der Waals surface area contributed by atoms with Crippen LogP contribution in [0.3, 0.4) is 0 Å². The number of benzene rings is 1. The standard InChI is InChI=1S/C19H15F3N4O2/c1-10-11(2)28-16(23-10)8-13-7-14(9-26-17(13)24-25-18(26)27)12-3-5-15(6-4-12)19(20,21)22/h3-7,9H,8H2,1-2H3,(H,25,27). The van der Waals surface area contributed by atoms with Gasteiger partial charge in [0.25, 0.3) is 0 Å². The summed E-state index contributed by atoms with van der Waals surface area (Å²) in [5, 5.41) is 6.42. The maximum atomic E-state index is 12.8. The zero-order chi connectivity index (χ0) is 20.1. The summed E-state index contributed by atoms with van der Waals surface area (Å²) in [6.45, 7) is 3.63. The van der Waals surface area contributed by atoms with Crippen LogP contribution in [0.15, 0.2) is 45.7 Å². The molecule has 0 aliphatic rings. The molecule has 0 radical (unpaired) electrons. The monoisotopic (exact) mass is 388 g/mol. The molecule has 1 N–H and O–H groups in total. The summed E-state index contributed by atoms with van der Waals surface area (Å²) < 4.78 is 45.4.